The first-order valence-electron chi connectivity index (χ1n) is 11.3. The first-order chi connectivity index (χ1) is 13.2. The van der Waals surface area contributed by atoms with Crippen molar-refractivity contribution in [3.8, 4) is 0 Å². The Labute approximate surface area is 169 Å². The molecule has 0 aromatic carbocycles. The number of carbonyl (C=O) groups is 1. The van der Waals surface area contributed by atoms with Gasteiger partial charge in [-0.05, 0) is 63.1 Å². The molecule has 0 radical (unpaired) electrons. The number of halogens is 2. The molecule has 3 aliphatic heterocycles. The molecule has 0 aromatic heterocycles. The van der Waals surface area contributed by atoms with E-state index >= 15 is 0 Å². The molecule has 28 heavy (non-hydrogen) atoms. The number of hydrogen-bond donors (Lipinski definition) is 0. The van der Waals surface area contributed by atoms with E-state index in [0.717, 1.165) is 65.0 Å². The minimum Gasteiger partial charge on any atom is -0.343 e. The van der Waals surface area contributed by atoms with Gasteiger partial charge < -0.3 is 9.80 Å². The highest BCUT2D eigenvalue weighted by Gasteiger charge is 2.46. The van der Waals surface area contributed by atoms with Crippen LogP contribution in [0.5, 0.6) is 0 Å². The van der Waals surface area contributed by atoms with E-state index in [0.29, 0.717) is 30.7 Å². The molecule has 4 nitrogen and oxygen atoms in total. The summed E-state index contributed by atoms with van der Waals surface area (Å²) in [4.78, 5) is 18.1. The van der Waals surface area contributed by atoms with Gasteiger partial charge in [0, 0.05) is 38.5 Å². The van der Waals surface area contributed by atoms with Crippen molar-refractivity contribution >= 4 is 5.91 Å². The fourth-order valence-electron chi connectivity index (χ4n) is 5.43. The fourth-order valence-corrected chi connectivity index (χ4v) is 5.43. The van der Waals surface area contributed by atoms with Crippen LogP contribution in [0.1, 0.15) is 59.3 Å². The van der Waals surface area contributed by atoms with Gasteiger partial charge in [0.2, 0.25) is 5.91 Å². The van der Waals surface area contributed by atoms with Crippen LogP contribution in [-0.2, 0) is 4.79 Å². The van der Waals surface area contributed by atoms with Crippen molar-refractivity contribution in [1.82, 2.24) is 14.7 Å². The van der Waals surface area contributed by atoms with E-state index in [4.69, 9.17) is 0 Å². The second-order valence-corrected chi connectivity index (χ2v) is 9.91. The van der Waals surface area contributed by atoms with E-state index in [1.807, 2.05) is 16.7 Å². The molecule has 1 amide bonds. The number of amides is 1. The quantitative estimate of drug-likeness (QED) is 0.705. The molecule has 1 spiro atoms. The monoisotopic (exact) mass is 399 g/mol. The van der Waals surface area contributed by atoms with Crippen molar-refractivity contribution in [2.75, 3.05) is 52.4 Å². The SMILES string of the molecule is CCC(=O)N1CCC2(CCN(C[C@H]3CCN(CC(C)C)CC3(F)F)CC2)CC1. The zero-order valence-corrected chi connectivity index (χ0v) is 18.1. The Balaban J connectivity index is 1.45. The summed E-state index contributed by atoms with van der Waals surface area (Å²) in [5.41, 5.74) is 0.337. The molecule has 3 fully saturated rings. The van der Waals surface area contributed by atoms with Crippen LogP contribution < -0.4 is 0 Å². The third-order valence-corrected chi connectivity index (χ3v) is 7.32. The number of hydrogen-bond acceptors (Lipinski definition) is 3. The van der Waals surface area contributed by atoms with E-state index in [1.54, 1.807) is 0 Å². The number of nitrogens with zero attached hydrogens (tertiary/aromatic N) is 3. The zero-order valence-electron chi connectivity index (χ0n) is 18.1. The molecule has 3 heterocycles. The van der Waals surface area contributed by atoms with Crippen molar-refractivity contribution < 1.29 is 13.6 Å². The lowest BCUT2D eigenvalue weighted by Gasteiger charge is -2.48. The lowest BCUT2D eigenvalue weighted by Crippen LogP contribution is -2.54. The topological polar surface area (TPSA) is 26.8 Å². The molecule has 3 aliphatic rings. The van der Waals surface area contributed by atoms with Crippen molar-refractivity contribution in [1.29, 1.82) is 0 Å². The van der Waals surface area contributed by atoms with Crippen LogP contribution in [0.15, 0.2) is 0 Å². The Morgan fingerprint density at radius 1 is 1.00 bits per heavy atom. The number of alkyl halides is 2. The first-order valence-corrected chi connectivity index (χ1v) is 11.3. The molecule has 0 bridgehead atoms. The summed E-state index contributed by atoms with van der Waals surface area (Å²) >= 11 is 0. The first kappa shape index (κ1) is 21.9. The normalized spacial score (nSPS) is 28.8. The summed E-state index contributed by atoms with van der Waals surface area (Å²) in [5.74, 6) is -2.38. The van der Waals surface area contributed by atoms with Gasteiger partial charge in [0.15, 0.2) is 0 Å². The molecular formula is C22H39F2N3O. The maximum Gasteiger partial charge on any atom is 0.264 e. The van der Waals surface area contributed by atoms with Gasteiger partial charge in [-0.25, -0.2) is 8.78 Å². The van der Waals surface area contributed by atoms with Crippen molar-refractivity contribution in [2.24, 2.45) is 17.3 Å². The van der Waals surface area contributed by atoms with Crippen molar-refractivity contribution in [2.45, 2.75) is 65.2 Å². The second-order valence-electron chi connectivity index (χ2n) is 9.91. The molecule has 0 saturated carbocycles. The van der Waals surface area contributed by atoms with Gasteiger partial charge >= 0.3 is 0 Å². The van der Waals surface area contributed by atoms with Gasteiger partial charge in [-0.15, -0.1) is 0 Å². The Bertz CT molecular complexity index is 522. The van der Waals surface area contributed by atoms with Crippen LogP contribution in [0.2, 0.25) is 0 Å². The van der Waals surface area contributed by atoms with Gasteiger partial charge in [0.25, 0.3) is 5.92 Å². The average molecular weight is 400 g/mol. The second kappa shape index (κ2) is 8.95. The Morgan fingerprint density at radius 2 is 1.61 bits per heavy atom. The van der Waals surface area contributed by atoms with E-state index in [9.17, 15) is 13.6 Å². The van der Waals surface area contributed by atoms with Gasteiger partial charge in [-0.3, -0.25) is 9.69 Å². The summed E-state index contributed by atoms with van der Waals surface area (Å²) < 4.78 is 29.4. The van der Waals surface area contributed by atoms with Crippen LogP contribution in [-0.4, -0.2) is 78.9 Å². The largest absolute Gasteiger partial charge is 0.343 e. The van der Waals surface area contributed by atoms with Crippen LogP contribution in [0, 0.1) is 17.3 Å². The van der Waals surface area contributed by atoms with E-state index in [1.165, 1.54) is 0 Å². The fraction of sp³-hybridized carbons (Fsp3) is 0.955. The Hall–Kier alpha value is -0.750. The summed E-state index contributed by atoms with van der Waals surface area (Å²) in [6.07, 6.45) is 5.55. The van der Waals surface area contributed by atoms with Crippen molar-refractivity contribution in [3.63, 3.8) is 0 Å². The highest BCUT2D eigenvalue weighted by Crippen LogP contribution is 2.42. The van der Waals surface area contributed by atoms with Crippen molar-refractivity contribution in [3.05, 3.63) is 0 Å². The number of likely N-dealkylation sites (tertiary alicyclic amines) is 3. The minimum absolute atomic E-state index is 0.0745. The molecule has 0 N–H and O–H groups in total. The highest BCUT2D eigenvalue weighted by atomic mass is 19.3. The zero-order chi connectivity index (χ0) is 20.4. The maximum atomic E-state index is 14.7. The third kappa shape index (κ3) is 5.24. The predicted octanol–water partition coefficient (Wildman–Crippen LogP) is 3.71. The van der Waals surface area contributed by atoms with Crippen LogP contribution in [0.4, 0.5) is 8.78 Å². The van der Waals surface area contributed by atoms with Crippen LogP contribution >= 0.6 is 0 Å². The molecule has 162 valence electrons. The van der Waals surface area contributed by atoms with Gasteiger partial charge in [-0.1, -0.05) is 20.8 Å². The van der Waals surface area contributed by atoms with Gasteiger partial charge in [-0.2, -0.15) is 0 Å². The predicted molar refractivity (Wildman–Crippen MR) is 109 cm³/mol. The smallest absolute Gasteiger partial charge is 0.264 e. The van der Waals surface area contributed by atoms with E-state index in [-0.39, 0.29) is 12.5 Å². The molecular weight excluding hydrogens is 360 g/mol. The summed E-state index contributed by atoms with van der Waals surface area (Å²) in [6, 6.07) is 0. The summed E-state index contributed by atoms with van der Waals surface area (Å²) in [5, 5.41) is 0. The molecule has 1 atom stereocenters. The molecule has 0 aliphatic carbocycles. The Morgan fingerprint density at radius 3 is 2.14 bits per heavy atom. The maximum absolute atomic E-state index is 14.7. The lowest BCUT2D eigenvalue weighted by molar-refractivity contribution is -0.134. The summed E-state index contributed by atoms with van der Waals surface area (Å²) in [7, 11) is 0. The van der Waals surface area contributed by atoms with Crippen LogP contribution in [0.3, 0.4) is 0 Å². The molecule has 6 heteroatoms. The minimum atomic E-state index is -2.58. The summed E-state index contributed by atoms with van der Waals surface area (Å²) in [6.45, 7) is 11.8. The Kier molecular flexibility index (Phi) is 7.01. The van der Waals surface area contributed by atoms with E-state index < -0.39 is 11.8 Å². The number of piperidine rings is 3. The number of rotatable bonds is 5. The highest BCUT2D eigenvalue weighted by molar-refractivity contribution is 5.75. The molecule has 0 aromatic rings. The molecule has 0 unspecified atom stereocenters. The standard InChI is InChI=1S/C22H39F2N3O/c1-4-20(28)27-13-8-21(9-14-27)6-11-25(12-7-21)16-19-5-10-26(15-18(2)3)17-22(19,23)24/h18-19H,4-17H2,1-3H3/t19-/m1/s1. The average Bonchev–Trinajstić information content (AvgIpc) is 2.65. The molecule has 3 rings (SSSR count). The lowest BCUT2D eigenvalue weighted by atomic mass is 9.71. The van der Waals surface area contributed by atoms with Gasteiger partial charge in [0.05, 0.1) is 6.54 Å². The van der Waals surface area contributed by atoms with Crippen LogP contribution in [0.25, 0.3) is 0 Å². The number of carbonyl (C=O) groups excluding carboxylic acids is 1. The third-order valence-electron chi connectivity index (χ3n) is 7.32. The van der Waals surface area contributed by atoms with E-state index in [2.05, 4.69) is 18.7 Å². The molecule has 3 saturated heterocycles. The van der Waals surface area contributed by atoms with Gasteiger partial charge in [0.1, 0.15) is 0 Å².